The quantitative estimate of drug-likeness (QED) is 0.802. The molecule has 0 saturated carbocycles. The second-order valence-corrected chi connectivity index (χ2v) is 5.25. The number of benzene rings is 1. The maximum Gasteiger partial charge on any atom is 0.253 e. The standard InChI is InChI=1S/C17H22N4O/c1-4-5-10-18-16(22)14-8-6-7-9-15(14)21-17-19-12(2)11-13(3)20-17/h6-9,11H,4-5,10H2,1-3H3,(H,18,22)(H,19,20,21). The Labute approximate surface area is 131 Å². The Balaban J connectivity index is 2.19. The van der Waals surface area contributed by atoms with E-state index in [0.29, 0.717) is 23.7 Å². The maximum atomic E-state index is 12.3. The minimum Gasteiger partial charge on any atom is -0.352 e. The first-order valence-corrected chi connectivity index (χ1v) is 7.56. The van der Waals surface area contributed by atoms with Crippen LogP contribution in [-0.2, 0) is 0 Å². The second-order valence-electron chi connectivity index (χ2n) is 5.25. The zero-order valence-electron chi connectivity index (χ0n) is 13.3. The van der Waals surface area contributed by atoms with Gasteiger partial charge in [0.25, 0.3) is 5.91 Å². The molecule has 5 heteroatoms. The van der Waals surface area contributed by atoms with Crippen LogP contribution in [0.3, 0.4) is 0 Å². The summed E-state index contributed by atoms with van der Waals surface area (Å²) in [5.74, 6) is 0.423. The molecule has 22 heavy (non-hydrogen) atoms. The molecule has 0 bridgehead atoms. The number of unbranched alkanes of at least 4 members (excludes halogenated alkanes) is 1. The number of hydrogen-bond donors (Lipinski definition) is 2. The number of carbonyl (C=O) groups is 1. The molecular weight excluding hydrogens is 276 g/mol. The number of nitrogens with zero attached hydrogens (tertiary/aromatic N) is 2. The van der Waals surface area contributed by atoms with E-state index in [1.54, 1.807) is 6.07 Å². The van der Waals surface area contributed by atoms with E-state index >= 15 is 0 Å². The Kier molecular flexibility index (Phi) is 5.47. The third-order valence-electron chi connectivity index (χ3n) is 3.22. The van der Waals surface area contributed by atoms with E-state index in [2.05, 4.69) is 27.5 Å². The van der Waals surface area contributed by atoms with Gasteiger partial charge in [-0.05, 0) is 38.5 Å². The summed E-state index contributed by atoms with van der Waals surface area (Å²) in [6.45, 7) is 6.62. The highest BCUT2D eigenvalue weighted by Gasteiger charge is 2.11. The topological polar surface area (TPSA) is 66.9 Å². The van der Waals surface area contributed by atoms with Gasteiger partial charge in [0.15, 0.2) is 0 Å². The van der Waals surface area contributed by atoms with E-state index in [9.17, 15) is 4.79 Å². The van der Waals surface area contributed by atoms with Crippen molar-refractivity contribution < 1.29 is 4.79 Å². The first kappa shape index (κ1) is 15.9. The average molecular weight is 298 g/mol. The van der Waals surface area contributed by atoms with Gasteiger partial charge < -0.3 is 10.6 Å². The lowest BCUT2D eigenvalue weighted by Crippen LogP contribution is -2.25. The van der Waals surface area contributed by atoms with Gasteiger partial charge in [0.1, 0.15) is 0 Å². The van der Waals surface area contributed by atoms with Gasteiger partial charge in [-0.25, -0.2) is 9.97 Å². The number of nitrogens with one attached hydrogen (secondary N) is 2. The zero-order valence-corrected chi connectivity index (χ0v) is 13.3. The number of carbonyl (C=O) groups excluding carboxylic acids is 1. The molecule has 2 rings (SSSR count). The lowest BCUT2D eigenvalue weighted by atomic mass is 10.1. The van der Waals surface area contributed by atoms with Crippen molar-refractivity contribution in [1.82, 2.24) is 15.3 Å². The second kappa shape index (κ2) is 7.54. The summed E-state index contributed by atoms with van der Waals surface area (Å²) in [6.07, 6.45) is 2.03. The summed E-state index contributed by atoms with van der Waals surface area (Å²) in [6, 6.07) is 9.30. The van der Waals surface area contributed by atoms with Crippen LogP contribution in [0.4, 0.5) is 11.6 Å². The molecule has 0 aliphatic heterocycles. The number of aromatic nitrogens is 2. The van der Waals surface area contributed by atoms with Gasteiger partial charge in [0.2, 0.25) is 5.95 Å². The van der Waals surface area contributed by atoms with Crippen molar-refractivity contribution in [2.75, 3.05) is 11.9 Å². The number of aryl methyl sites for hydroxylation is 2. The summed E-state index contributed by atoms with van der Waals surface area (Å²) >= 11 is 0. The molecule has 1 aromatic heterocycles. The summed E-state index contributed by atoms with van der Waals surface area (Å²) in [5.41, 5.74) is 3.09. The highest BCUT2D eigenvalue weighted by atomic mass is 16.1. The Hall–Kier alpha value is -2.43. The van der Waals surface area contributed by atoms with Gasteiger partial charge in [-0.2, -0.15) is 0 Å². The van der Waals surface area contributed by atoms with Crippen LogP contribution >= 0.6 is 0 Å². The molecule has 0 spiro atoms. The molecule has 0 aliphatic carbocycles. The number of para-hydroxylation sites is 1. The normalized spacial score (nSPS) is 10.3. The van der Waals surface area contributed by atoms with E-state index < -0.39 is 0 Å². The smallest absolute Gasteiger partial charge is 0.253 e. The molecule has 5 nitrogen and oxygen atoms in total. The predicted octanol–water partition coefficient (Wildman–Crippen LogP) is 3.37. The average Bonchev–Trinajstić information content (AvgIpc) is 2.47. The summed E-state index contributed by atoms with van der Waals surface area (Å²) in [4.78, 5) is 21.0. The first-order valence-electron chi connectivity index (χ1n) is 7.56. The number of anilines is 2. The van der Waals surface area contributed by atoms with Gasteiger partial charge in [0.05, 0.1) is 11.3 Å². The van der Waals surface area contributed by atoms with Crippen LogP contribution in [0.5, 0.6) is 0 Å². The molecule has 0 atom stereocenters. The third-order valence-corrected chi connectivity index (χ3v) is 3.22. The van der Waals surface area contributed by atoms with Crippen LogP contribution in [-0.4, -0.2) is 22.4 Å². The fourth-order valence-electron chi connectivity index (χ4n) is 2.17. The highest BCUT2D eigenvalue weighted by Crippen LogP contribution is 2.19. The molecular formula is C17H22N4O. The third kappa shape index (κ3) is 4.28. The van der Waals surface area contributed by atoms with Crippen molar-refractivity contribution in [3.8, 4) is 0 Å². The lowest BCUT2D eigenvalue weighted by Gasteiger charge is -2.11. The Morgan fingerprint density at radius 3 is 2.50 bits per heavy atom. The molecule has 0 saturated heterocycles. The van der Waals surface area contributed by atoms with Crippen molar-refractivity contribution in [2.24, 2.45) is 0 Å². The van der Waals surface area contributed by atoms with Crippen molar-refractivity contribution in [3.63, 3.8) is 0 Å². The van der Waals surface area contributed by atoms with Crippen LogP contribution < -0.4 is 10.6 Å². The van der Waals surface area contributed by atoms with Crippen LogP contribution in [0.25, 0.3) is 0 Å². The van der Waals surface area contributed by atoms with Crippen molar-refractivity contribution in [1.29, 1.82) is 0 Å². The van der Waals surface area contributed by atoms with Crippen LogP contribution in [0.1, 0.15) is 41.5 Å². The molecule has 0 aliphatic rings. The largest absolute Gasteiger partial charge is 0.352 e. The Morgan fingerprint density at radius 2 is 1.82 bits per heavy atom. The molecule has 2 N–H and O–H groups in total. The summed E-state index contributed by atoms with van der Waals surface area (Å²) < 4.78 is 0. The molecule has 1 aromatic carbocycles. The van der Waals surface area contributed by atoms with Gasteiger partial charge in [-0.3, -0.25) is 4.79 Å². The van der Waals surface area contributed by atoms with E-state index in [1.165, 1.54) is 0 Å². The molecule has 0 unspecified atom stereocenters. The van der Waals surface area contributed by atoms with Crippen LogP contribution in [0.2, 0.25) is 0 Å². The fraction of sp³-hybridized carbons (Fsp3) is 0.353. The maximum absolute atomic E-state index is 12.3. The summed E-state index contributed by atoms with van der Waals surface area (Å²) in [7, 11) is 0. The fourth-order valence-corrected chi connectivity index (χ4v) is 2.17. The van der Waals surface area contributed by atoms with Crippen LogP contribution in [0.15, 0.2) is 30.3 Å². The first-order chi connectivity index (χ1) is 10.6. The number of hydrogen-bond acceptors (Lipinski definition) is 4. The molecule has 2 aromatic rings. The number of rotatable bonds is 6. The monoisotopic (exact) mass is 298 g/mol. The summed E-state index contributed by atoms with van der Waals surface area (Å²) in [5, 5.41) is 6.07. The SMILES string of the molecule is CCCCNC(=O)c1ccccc1Nc1nc(C)cc(C)n1. The van der Waals surface area contributed by atoms with Gasteiger partial charge in [-0.1, -0.05) is 25.5 Å². The van der Waals surface area contributed by atoms with Gasteiger partial charge >= 0.3 is 0 Å². The van der Waals surface area contributed by atoms with Gasteiger partial charge in [-0.15, -0.1) is 0 Å². The molecule has 0 radical (unpaired) electrons. The Morgan fingerprint density at radius 1 is 1.14 bits per heavy atom. The van der Waals surface area contributed by atoms with Crippen molar-refractivity contribution >= 4 is 17.5 Å². The molecule has 0 fully saturated rings. The van der Waals surface area contributed by atoms with E-state index in [1.807, 2.05) is 38.1 Å². The van der Waals surface area contributed by atoms with Crippen LogP contribution in [0, 0.1) is 13.8 Å². The van der Waals surface area contributed by atoms with Crippen molar-refractivity contribution in [2.45, 2.75) is 33.6 Å². The van der Waals surface area contributed by atoms with E-state index in [0.717, 1.165) is 24.2 Å². The van der Waals surface area contributed by atoms with E-state index in [-0.39, 0.29) is 5.91 Å². The van der Waals surface area contributed by atoms with Crippen molar-refractivity contribution in [3.05, 3.63) is 47.3 Å². The van der Waals surface area contributed by atoms with E-state index in [4.69, 9.17) is 0 Å². The van der Waals surface area contributed by atoms with Gasteiger partial charge in [0, 0.05) is 17.9 Å². The highest BCUT2D eigenvalue weighted by molar-refractivity contribution is 6.00. The molecule has 1 amide bonds. The minimum atomic E-state index is -0.0825. The minimum absolute atomic E-state index is 0.0825. The zero-order chi connectivity index (χ0) is 15.9. The molecule has 116 valence electrons. The lowest BCUT2D eigenvalue weighted by molar-refractivity contribution is 0.0954. The number of amides is 1. The Bertz CT molecular complexity index is 635. The molecule has 1 heterocycles. The predicted molar refractivity (Wildman–Crippen MR) is 88.5 cm³/mol.